The standard InChI is InChI=1S/C15H21N3OS/c1-4-14-17-18-15(19-14)10-20-13-8-6-12(7-9-13)11(3)16-5-2/h6-9,11,16H,4-5,10H2,1-3H3. The molecule has 1 N–H and O–H groups in total. The molecule has 0 amide bonds. The second kappa shape index (κ2) is 7.45. The highest BCUT2D eigenvalue weighted by atomic mass is 32.2. The van der Waals surface area contributed by atoms with E-state index in [0.29, 0.717) is 17.8 Å². The van der Waals surface area contributed by atoms with Crippen molar-refractivity contribution in [3.05, 3.63) is 41.6 Å². The van der Waals surface area contributed by atoms with Gasteiger partial charge in [-0.1, -0.05) is 26.0 Å². The summed E-state index contributed by atoms with van der Waals surface area (Å²) in [6.45, 7) is 7.29. The molecule has 0 bridgehead atoms. The summed E-state index contributed by atoms with van der Waals surface area (Å²) in [6, 6.07) is 9.01. The Balaban J connectivity index is 1.90. The molecule has 4 nitrogen and oxygen atoms in total. The van der Waals surface area contributed by atoms with Crippen molar-refractivity contribution < 1.29 is 4.42 Å². The average Bonchev–Trinajstić information content (AvgIpc) is 2.94. The number of benzene rings is 1. The van der Waals surface area contributed by atoms with Gasteiger partial charge in [0.05, 0.1) is 5.75 Å². The van der Waals surface area contributed by atoms with E-state index in [1.807, 2.05) is 6.92 Å². The molecule has 1 atom stereocenters. The van der Waals surface area contributed by atoms with Crippen molar-refractivity contribution >= 4 is 11.8 Å². The highest BCUT2D eigenvalue weighted by molar-refractivity contribution is 7.98. The lowest BCUT2D eigenvalue weighted by Gasteiger charge is -2.12. The van der Waals surface area contributed by atoms with E-state index in [4.69, 9.17) is 4.42 Å². The number of nitrogens with one attached hydrogen (secondary N) is 1. The van der Waals surface area contributed by atoms with Crippen LogP contribution < -0.4 is 5.32 Å². The molecule has 1 aromatic heterocycles. The van der Waals surface area contributed by atoms with Crippen LogP contribution in [0.5, 0.6) is 0 Å². The van der Waals surface area contributed by atoms with Crippen molar-refractivity contribution in [2.75, 3.05) is 6.54 Å². The van der Waals surface area contributed by atoms with Gasteiger partial charge < -0.3 is 9.73 Å². The molecule has 1 unspecified atom stereocenters. The van der Waals surface area contributed by atoms with Crippen molar-refractivity contribution in [3.63, 3.8) is 0 Å². The minimum Gasteiger partial charge on any atom is -0.424 e. The third-order valence-electron chi connectivity index (χ3n) is 3.06. The van der Waals surface area contributed by atoms with Gasteiger partial charge in [-0.2, -0.15) is 0 Å². The van der Waals surface area contributed by atoms with Crippen molar-refractivity contribution in [1.29, 1.82) is 0 Å². The van der Waals surface area contributed by atoms with Gasteiger partial charge in [0.25, 0.3) is 0 Å². The predicted molar refractivity (Wildman–Crippen MR) is 81.8 cm³/mol. The third-order valence-corrected chi connectivity index (χ3v) is 4.06. The fourth-order valence-corrected chi connectivity index (χ4v) is 2.65. The van der Waals surface area contributed by atoms with E-state index < -0.39 is 0 Å². The third kappa shape index (κ3) is 4.08. The summed E-state index contributed by atoms with van der Waals surface area (Å²) in [4.78, 5) is 1.22. The largest absolute Gasteiger partial charge is 0.424 e. The van der Waals surface area contributed by atoms with Gasteiger partial charge in [0.2, 0.25) is 11.8 Å². The summed E-state index contributed by atoms with van der Waals surface area (Å²) in [5, 5.41) is 11.4. The number of aryl methyl sites for hydroxylation is 1. The molecule has 0 radical (unpaired) electrons. The Morgan fingerprint density at radius 2 is 1.85 bits per heavy atom. The van der Waals surface area contributed by atoms with Crippen LogP contribution >= 0.6 is 11.8 Å². The van der Waals surface area contributed by atoms with E-state index in [9.17, 15) is 0 Å². The molecule has 0 saturated carbocycles. The molecule has 0 saturated heterocycles. The van der Waals surface area contributed by atoms with Crippen LogP contribution in [0.25, 0.3) is 0 Å². The molecule has 5 heteroatoms. The van der Waals surface area contributed by atoms with Crippen LogP contribution in [0.2, 0.25) is 0 Å². The van der Waals surface area contributed by atoms with E-state index in [1.165, 1.54) is 10.5 Å². The van der Waals surface area contributed by atoms with Crippen molar-refractivity contribution in [3.8, 4) is 0 Å². The second-order valence-electron chi connectivity index (χ2n) is 4.58. The molecular weight excluding hydrogens is 270 g/mol. The molecule has 2 aromatic rings. The minimum atomic E-state index is 0.391. The molecule has 0 aliphatic heterocycles. The van der Waals surface area contributed by atoms with Crippen LogP contribution in [0.3, 0.4) is 0 Å². The molecule has 0 aliphatic rings. The van der Waals surface area contributed by atoms with Gasteiger partial charge in [0.1, 0.15) is 0 Å². The number of hydrogen-bond acceptors (Lipinski definition) is 5. The molecule has 20 heavy (non-hydrogen) atoms. The first kappa shape index (κ1) is 15.1. The number of hydrogen-bond donors (Lipinski definition) is 1. The fraction of sp³-hybridized carbons (Fsp3) is 0.467. The Labute approximate surface area is 124 Å². The molecule has 1 heterocycles. The van der Waals surface area contributed by atoms with Crippen molar-refractivity contribution in [2.24, 2.45) is 0 Å². The lowest BCUT2D eigenvalue weighted by molar-refractivity contribution is 0.470. The van der Waals surface area contributed by atoms with Gasteiger partial charge in [-0.05, 0) is 31.2 Å². The topological polar surface area (TPSA) is 51.0 Å². The number of aromatic nitrogens is 2. The summed E-state index contributed by atoms with van der Waals surface area (Å²) in [6.07, 6.45) is 0.786. The number of thioether (sulfide) groups is 1. The van der Waals surface area contributed by atoms with Gasteiger partial charge in [-0.3, -0.25) is 0 Å². The zero-order valence-corrected chi connectivity index (χ0v) is 13.0. The van der Waals surface area contributed by atoms with E-state index >= 15 is 0 Å². The van der Waals surface area contributed by atoms with Crippen molar-refractivity contribution in [1.82, 2.24) is 15.5 Å². The van der Waals surface area contributed by atoms with E-state index in [0.717, 1.165) is 18.7 Å². The van der Waals surface area contributed by atoms with Crippen molar-refractivity contribution in [2.45, 2.75) is 43.9 Å². The Kier molecular flexibility index (Phi) is 5.61. The van der Waals surface area contributed by atoms with Gasteiger partial charge >= 0.3 is 0 Å². The van der Waals surface area contributed by atoms with Gasteiger partial charge in [-0.25, -0.2) is 0 Å². The summed E-state index contributed by atoms with van der Waals surface area (Å²) < 4.78 is 5.50. The zero-order chi connectivity index (χ0) is 14.4. The SMILES string of the molecule is CCNC(C)c1ccc(SCc2nnc(CC)o2)cc1. The highest BCUT2D eigenvalue weighted by Crippen LogP contribution is 2.24. The van der Waals surface area contributed by atoms with Crippen LogP contribution in [0.15, 0.2) is 33.6 Å². The molecule has 1 aromatic carbocycles. The first-order valence-electron chi connectivity index (χ1n) is 7.00. The van der Waals surface area contributed by atoms with Crippen LogP contribution in [0.1, 0.15) is 44.2 Å². The van der Waals surface area contributed by atoms with Gasteiger partial charge in [-0.15, -0.1) is 22.0 Å². The monoisotopic (exact) mass is 291 g/mol. The maximum Gasteiger partial charge on any atom is 0.226 e. The fourth-order valence-electron chi connectivity index (χ4n) is 1.91. The molecule has 0 spiro atoms. The summed E-state index contributed by atoms with van der Waals surface area (Å²) in [5.74, 6) is 2.11. The van der Waals surface area contributed by atoms with E-state index in [2.05, 4.69) is 53.6 Å². The lowest BCUT2D eigenvalue weighted by atomic mass is 10.1. The average molecular weight is 291 g/mol. The summed E-state index contributed by atoms with van der Waals surface area (Å²) in [7, 11) is 0. The summed E-state index contributed by atoms with van der Waals surface area (Å²) >= 11 is 1.71. The van der Waals surface area contributed by atoms with E-state index in [1.54, 1.807) is 11.8 Å². The molecule has 108 valence electrons. The predicted octanol–water partition coefficient (Wildman–Crippen LogP) is 3.59. The van der Waals surface area contributed by atoms with Gasteiger partial charge in [0.15, 0.2) is 0 Å². The van der Waals surface area contributed by atoms with Crippen LogP contribution in [0, 0.1) is 0 Å². The number of nitrogens with zero attached hydrogens (tertiary/aromatic N) is 2. The number of rotatable bonds is 7. The maximum atomic E-state index is 5.50. The molecule has 0 aliphatic carbocycles. The Morgan fingerprint density at radius 1 is 1.15 bits per heavy atom. The molecule has 2 rings (SSSR count). The summed E-state index contributed by atoms with van der Waals surface area (Å²) in [5.41, 5.74) is 1.31. The normalized spacial score (nSPS) is 12.6. The smallest absolute Gasteiger partial charge is 0.226 e. The van der Waals surface area contributed by atoms with Crippen LogP contribution in [0.4, 0.5) is 0 Å². The van der Waals surface area contributed by atoms with Gasteiger partial charge in [0, 0.05) is 17.4 Å². The first-order chi connectivity index (χ1) is 9.72. The Morgan fingerprint density at radius 3 is 2.45 bits per heavy atom. The van der Waals surface area contributed by atoms with Crippen LogP contribution in [-0.2, 0) is 12.2 Å². The quantitative estimate of drug-likeness (QED) is 0.790. The highest BCUT2D eigenvalue weighted by Gasteiger charge is 2.06. The molecule has 0 fully saturated rings. The first-order valence-corrected chi connectivity index (χ1v) is 7.98. The van der Waals surface area contributed by atoms with E-state index in [-0.39, 0.29) is 0 Å². The van der Waals surface area contributed by atoms with Crippen LogP contribution in [-0.4, -0.2) is 16.7 Å². The minimum absolute atomic E-state index is 0.391. The zero-order valence-electron chi connectivity index (χ0n) is 12.2. The molecular formula is C15H21N3OS. The second-order valence-corrected chi connectivity index (χ2v) is 5.63. The lowest BCUT2D eigenvalue weighted by Crippen LogP contribution is -2.17. The Bertz CT molecular complexity index is 524. The Hall–Kier alpha value is -1.33. The maximum absolute atomic E-state index is 5.50.